The summed E-state index contributed by atoms with van der Waals surface area (Å²) in [6.45, 7) is 2.48. The summed E-state index contributed by atoms with van der Waals surface area (Å²) in [6, 6.07) is 3.40. The molecule has 0 fully saturated rings. The molecule has 3 N–H and O–H groups in total. The second-order valence-electron chi connectivity index (χ2n) is 5.78. The predicted octanol–water partition coefficient (Wildman–Crippen LogP) is 3.50. The number of hydrogen-bond acceptors (Lipinski definition) is 8. The van der Waals surface area contributed by atoms with E-state index in [1.165, 1.54) is 31.9 Å². The van der Waals surface area contributed by atoms with Crippen LogP contribution < -0.4 is 9.84 Å². The normalized spacial score (nSPS) is 13.3. The zero-order valence-electron chi connectivity index (χ0n) is 13.2. The van der Waals surface area contributed by atoms with Gasteiger partial charge in [-0.25, -0.2) is 0 Å². The molecule has 0 unspecified atom stereocenters. The van der Waals surface area contributed by atoms with E-state index in [-0.39, 0.29) is 11.0 Å². The van der Waals surface area contributed by atoms with Crippen molar-refractivity contribution in [2.24, 2.45) is 0 Å². The standard InChI is InChI=1S/C14H14BrClN5O3P/c1-25(2,22,23)24-12-10(4-3-9-11(12)18-6-5-17-9)20-13-8(15)7-19-14(16)21-13/h3-7,22-23H,1-2H3,(H,19,20,21). The molecule has 132 valence electrons. The van der Waals surface area contributed by atoms with Gasteiger partial charge in [0.15, 0.2) is 0 Å². The minimum atomic E-state index is -4.34. The van der Waals surface area contributed by atoms with Gasteiger partial charge in [-0.1, -0.05) is 0 Å². The molecule has 3 aromatic rings. The van der Waals surface area contributed by atoms with Crippen LogP contribution in [0.5, 0.6) is 5.75 Å². The van der Waals surface area contributed by atoms with E-state index in [0.29, 0.717) is 27.0 Å². The number of anilines is 2. The van der Waals surface area contributed by atoms with Gasteiger partial charge in [0, 0.05) is 0 Å². The molecule has 0 aliphatic heterocycles. The third-order valence-corrected chi connectivity index (χ3v) is 4.39. The van der Waals surface area contributed by atoms with Crippen molar-refractivity contribution < 1.29 is 14.3 Å². The van der Waals surface area contributed by atoms with E-state index < -0.39 is 7.28 Å². The van der Waals surface area contributed by atoms with Crippen LogP contribution in [0.25, 0.3) is 11.0 Å². The first kappa shape index (κ1) is 18.2. The molecule has 2 heterocycles. The fourth-order valence-corrected chi connectivity index (χ4v) is 3.16. The van der Waals surface area contributed by atoms with Crippen molar-refractivity contribution in [1.29, 1.82) is 0 Å². The summed E-state index contributed by atoms with van der Waals surface area (Å²) in [6.07, 6.45) is 4.53. The van der Waals surface area contributed by atoms with Gasteiger partial charge in [0.25, 0.3) is 0 Å². The van der Waals surface area contributed by atoms with Gasteiger partial charge in [0.1, 0.15) is 0 Å². The van der Waals surface area contributed by atoms with Gasteiger partial charge in [0.05, 0.1) is 0 Å². The van der Waals surface area contributed by atoms with Crippen LogP contribution in [0.4, 0.5) is 11.5 Å². The van der Waals surface area contributed by atoms with Gasteiger partial charge in [-0.15, -0.1) is 0 Å². The van der Waals surface area contributed by atoms with Crippen molar-refractivity contribution in [3.63, 3.8) is 0 Å². The van der Waals surface area contributed by atoms with Crippen molar-refractivity contribution >= 4 is 57.4 Å². The molecular weight excluding hydrogens is 433 g/mol. The van der Waals surface area contributed by atoms with Crippen molar-refractivity contribution in [3.05, 3.63) is 40.5 Å². The number of hydrogen-bond donors (Lipinski definition) is 3. The molecule has 0 atom stereocenters. The Hall–Kier alpha value is -1.64. The van der Waals surface area contributed by atoms with Gasteiger partial charge < -0.3 is 0 Å². The van der Waals surface area contributed by atoms with Gasteiger partial charge in [0.2, 0.25) is 0 Å². The van der Waals surface area contributed by atoms with E-state index in [1.54, 1.807) is 12.1 Å². The molecule has 0 saturated carbocycles. The summed E-state index contributed by atoms with van der Waals surface area (Å²) in [4.78, 5) is 36.8. The predicted molar refractivity (Wildman–Crippen MR) is 101 cm³/mol. The number of halogens is 2. The Labute approximate surface area is 156 Å². The molecule has 0 saturated heterocycles. The summed E-state index contributed by atoms with van der Waals surface area (Å²) < 4.78 is 6.13. The Morgan fingerprint density at radius 3 is 2.60 bits per heavy atom. The molecule has 0 bridgehead atoms. The van der Waals surface area contributed by atoms with Crippen LogP contribution in [0.15, 0.2) is 35.2 Å². The summed E-state index contributed by atoms with van der Waals surface area (Å²) in [7, 11) is -4.34. The molecule has 0 spiro atoms. The molecule has 2 aromatic heterocycles. The van der Waals surface area contributed by atoms with Crippen LogP contribution in [-0.4, -0.2) is 43.1 Å². The molecule has 1 aromatic carbocycles. The third kappa shape index (κ3) is 4.50. The van der Waals surface area contributed by atoms with E-state index in [9.17, 15) is 9.79 Å². The third-order valence-electron chi connectivity index (χ3n) is 2.92. The van der Waals surface area contributed by atoms with Gasteiger partial charge in [-0.3, -0.25) is 0 Å². The SMILES string of the molecule is CP(C)(O)(O)Oc1c(Nc2nc(Cl)ncc2Br)ccc2nccnc12. The summed E-state index contributed by atoms with van der Waals surface area (Å²) in [5.41, 5.74) is 1.34. The molecule has 8 nitrogen and oxygen atoms in total. The van der Waals surface area contributed by atoms with Crippen LogP contribution >= 0.6 is 34.8 Å². The zero-order chi connectivity index (χ0) is 18.3. The van der Waals surface area contributed by atoms with Crippen LogP contribution in [-0.2, 0) is 0 Å². The summed E-state index contributed by atoms with van der Waals surface area (Å²) in [5, 5.41) is 3.10. The quantitative estimate of drug-likeness (QED) is 0.412. The molecule has 0 radical (unpaired) electrons. The van der Waals surface area contributed by atoms with Crippen LogP contribution in [0.1, 0.15) is 0 Å². The second-order valence-corrected chi connectivity index (χ2v) is 10.9. The molecular formula is C14H14BrClN5O3P. The Balaban J connectivity index is 2.15. The summed E-state index contributed by atoms with van der Waals surface area (Å²) in [5.74, 6) is 0.538. The molecule has 25 heavy (non-hydrogen) atoms. The van der Waals surface area contributed by atoms with Crippen molar-refractivity contribution in [2.45, 2.75) is 0 Å². The van der Waals surface area contributed by atoms with E-state index in [2.05, 4.69) is 41.2 Å². The van der Waals surface area contributed by atoms with E-state index >= 15 is 0 Å². The second kappa shape index (κ2) is 6.26. The molecule has 0 amide bonds. The molecule has 0 aliphatic rings. The Morgan fingerprint density at radius 2 is 1.88 bits per heavy atom. The number of nitrogens with one attached hydrogen (secondary N) is 1. The van der Waals surface area contributed by atoms with Gasteiger partial charge in [-0.2, -0.15) is 0 Å². The van der Waals surface area contributed by atoms with E-state index in [4.69, 9.17) is 16.1 Å². The van der Waals surface area contributed by atoms with Crippen LogP contribution in [0.3, 0.4) is 0 Å². The molecule has 0 aliphatic carbocycles. The topological polar surface area (TPSA) is 113 Å². The monoisotopic (exact) mass is 445 g/mol. The number of fused-ring (bicyclic) bond motifs is 1. The Bertz CT molecular complexity index is 957. The van der Waals surface area contributed by atoms with Crippen molar-refractivity contribution in [1.82, 2.24) is 19.9 Å². The first-order valence-electron chi connectivity index (χ1n) is 6.98. The van der Waals surface area contributed by atoms with Crippen molar-refractivity contribution in [3.8, 4) is 5.75 Å². The van der Waals surface area contributed by atoms with Gasteiger partial charge >= 0.3 is 156 Å². The maximum atomic E-state index is 10.2. The van der Waals surface area contributed by atoms with Gasteiger partial charge in [-0.05, 0) is 0 Å². The van der Waals surface area contributed by atoms with E-state index in [0.717, 1.165) is 0 Å². The number of aromatic nitrogens is 4. The zero-order valence-corrected chi connectivity index (χ0v) is 16.4. The average molecular weight is 447 g/mol. The van der Waals surface area contributed by atoms with Crippen molar-refractivity contribution in [2.75, 3.05) is 18.6 Å². The maximum absolute atomic E-state index is 10.2. The average Bonchev–Trinajstić information content (AvgIpc) is 2.51. The number of rotatable bonds is 4. The van der Waals surface area contributed by atoms with E-state index in [1.807, 2.05) is 0 Å². The Morgan fingerprint density at radius 1 is 1.16 bits per heavy atom. The fraction of sp³-hybridized carbons (Fsp3) is 0.143. The first-order valence-corrected chi connectivity index (χ1v) is 11.1. The minimum absolute atomic E-state index is 0.0590. The number of benzene rings is 1. The summed E-state index contributed by atoms with van der Waals surface area (Å²) >= 11 is 9.16. The van der Waals surface area contributed by atoms with Crippen LogP contribution in [0.2, 0.25) is 5.28 Å². The number of nitrogens with zero attached hydrogens (tertiary/aromatic N) is 4. The van der Waals surface area contributed by atoms with Crippen LogP contribution in [0, 0.1) is 0 Å². The fourth-order valence-electron chi connectivity index (χ4n) is 2.03. The molecule has 11 heteroatoms. The Kier molecular flexibility index (Phi) is 4.55. The molecule has 3 rings (SSSR count). The first-order chi connectivity index (χ1) is 11.6.